The number of fused-ring (bicyclic) bond motifs is 2. The van der Waals surface area contributed by atoms with Gasteiger partial charge in [-0.1, -0.05) is 34.9 Å². The third-order valence-corrected chi connectivity index (χ3v) is 5.79. The van der Waals surface area contributed by atoms with Crippen molar-refractivity contribution in [3.63, 3.8) is 0 Å². The zero-order chi connectivity index (χ0) is 9.69. The predicted octanol–water partition coefficient (Wildman–Crippen LogP) is 3.04. The first-order chi connectivity index (χ1) is 6.08. The summed E-state index contributed by atoms with van der Waals surface area (Å²) in [4.78, 5) is 0. The SMILES string of the molecule is C[C@]1(CBr)[C@@H]2CC[C@]1(C)/C(=N/O)C2. The van der Waals surface area contributed by atoms with Gasteiger partial charge in [0, 0.05) is 10.7 Å². The average molecular weight is 246 g/mol. The van der Waals surface area contributed by atoms with Crippen LogP contribution < -0.4 is 0 Å². The number of rotatable bonds is 1. The van der Waals surface area contributed by atoms with Crippen LogP contribution in [0.1, 0.15) is 33.1 Å². The van der Waals surface area contributed by atoms with Crippen LogP contribution in [0.2, 0.25) is 0 Å². The van der Waals surface area contributed by atoms with Gasteiger partial charge in [0.25, 0.3) is 0 Å². The molecule has 0 spiro atoms. The highest BCUT2D eigenvalue weighted by molar-refractivity contribution is 9.09. The van der Waals surface area contributed by atoms with E-state index in [0.717, 1.165) is 17.5 Å². The summed E-state index contributed by atoms with van der Waals surface area (Å²) in [6.07, 6.45) is 3.46. The number of oxime groups is 1. The maximum atomic E-state index is 8.95. The molecule has 2 aliphatic carbocycles. The van der Waals surface area contributed by atoms with Crippen LogP contribution >= 0.6 is 15.9 Å². The molecule has 2 aliphatic rings. The Bertz CT molecular complexity index is 266. The standard InChI is InChI=1S/C10H16BrNO/c1-9-4-3-7(5-8(9)12-13)10(9,2)6-11/h7,13H,3-6H2,1-2H3/b12-8+/t7-,9-,10+/m1/s1. The van der Waals surface area contributed by atoms with E-state index < -0.39 is 0 Å². The second-order valence-corrected chi connectivity index (χ2v) is 5.43. The van der Waals surface area contributed by atoms with E-state index in [-0.39, 0.29) is 5.41 Å². The minimum atomic E-state index is 0.135. The molecule has 0 saturated heterocycles. The molecular weight excluding hydrogens is 230 g/mol. The van der Waals surface area contributed by atoms with Crippen molar-refractivity contribution in [1.29, 1.82) is 0 Å². The first-order valence-corrected chi connectivity index (χ1v) is 5.98. The lowest BCUT2D eigenvalue weighted by Gasteiger charge is -2.36. The van der Waals surface area contributed by atoms with Gasteiger partial charge in [-0.2, -0.15) is 0 Å². The van der Waals surface area contributed by atoms with Gasteiger partial charge in [-0.15, -0.1) is 0 Å². The first kappa shape index (κ1) is 9.50. The third-order valence-electron chi connectivity index (χ3n) is 4.63. The molecule has 13 heavy (non-hydrogen) atoms. The summed E-state index contributed by atoms with van der Waals surface area (Å²) in [5.41, 5.74) is 1.45. The van der Waals surface area contributed by atoms with Crippen LogP contribution in [0, 0.1) is 16.7 Å². The van der Waals surface area contributed by atoms with Gasteiger partial charge in [-0.05, 0) is 30.6 Å². The summed E-state index contributed by atoms with van der Waals surface area (Å²) >= 11 is 3.61. The van der Waals surface area contributed by atoms with E-state index in [1.807, 2.05) is 0 Å². The molecule has 0 amide bonds. The fourth-order valence-electron chi connectivity index (χ4n) is 3.19. The van der Waals surface area contributed by atoms with Crippen molar-refractivity contribution in [1.82, 2.24) is 0 Å². The van der Waals surface area contributed by atoms with E-state index >= 15 is 0 Å². The summed E-state index contributed by atoms with van der Waals surface area (Å²) in [6.45, 7) is 4.56. The molecule has 1 N–H and O–H groups in total. The van der Waals surface area contributed by atoms with Gasteiger partial charge in [0.1, 0.15) is 0 Å². The van der Waals surface area contributed by atoms with E-state index in [2.05, 4.69) is 34.9 Å². The minimum absolute atomic E-state index is 0.135. The lowest BCUT2D eigenvalue weighted by atomic mass is 9.70. The molecule has 2 nitrogen and oxygen atoms in total. The van der Waals surface area contributed by atoms with Crippen molar-refractivity contribution >= 4 is 21.6 Å². The van der Waals surface area contributed by atoms with Crippen LogP contribution in [-0.2, 0) is 0 Å². The second kappa shape index (κ2) is 2.72. The Morgan fingerprint density at radius 2 is 2.31 bits per heavy atom. The van der Waals surface area contributed by atoms with E-state index in [1.165, 1.54) is 12.8 Å². The van der Waals surface area contributed by atoms with Crippen LogP contribution in [0.5, 0.6) is 0 Å². The lowest BCUT2D eigenvalue weighted by Crippen LogP contribution is -2.36. The fraction of sp³-hybridized carbons (Fsp3) is 0.900. The van der Waals surface area contributed by atoms with Crippen molar-refractivity contribution < 1.29 is 5.21 Å². The van der Waals surface area contributed by atoms with Crippen molar-refractivity contribution in [3.05, 3.63) is 0 Å². The van der Waals surface area contributed by atoms with Gasteiger partial charge < -0.3 is 5.21 Å². The zero-order valence-electron chi connectivity index (χ0n) is 8.18. The third kappa shape index (κ3) is 0.915. The predicted molar refractivity (Wildman–Crippen MR) is 56.6 cm³/mol. The molecule has 74 valence electrons. The Labute approximate surface area is 87.5 Å². The Morgan fingerprint density at radius 1 is 1.62 bits per heavy atom. The first-order valence-electron chi connectivity index (χ1n) is 4.86. The van der Waals surface area contributed by atoms with E-state index in [9.17, 15) is 0 Å². The van der Waals surface area contributed by atoms with Gasteiger partial charge in [0.2, 0.25) is 0 Å². The van der Waals surface area contributed by atoms with Gasteiger partial charge >= 0.3 is 0 Å². The summed E-state index contributed by atoms with van der Waals surface area (Å²) in [7, 11) is 0. The van der Waals surface area contributed by atoms with Gasteiger partial charge in [-0.25, -0.2) is 0 Å². The highest BCUT2D eigenvalue weighted by Crippen LogP contribution is 2.64. The van der Waals surface area contributed by atoms with Crippen LogP contribution in [0.25, 0.3) is 0 Å². The van der Waals surface area contributed by atoms with Crippen LogP contribution in [0.4, 0.5) is 0 Å². The molecule has 2 fully saturated rings. The smallest absolute Gasteiger partial charge is 0.0638 e. The summed E-state index contributed by atoms with van der Waals surface area (Å²) < 4.78 is 0. The Balaban J connectivity index is 2.45. The quantitative estimate of drug-likeness (QED) is 0.430. The van der Waals surface area contributed by atoms with Crippen molar-refractivity contribution in [3.8, 4) is 0 Å². The van der Waals surface area contributed by atoms with Gasteiger partial charge in [0.05, 0.1) is 5.71 Å². The van der Waals surface area contributed by atoms with Gasteiger partial charge in [0.15, 0.2) is 0 Å². The number of hydrogen-bond acceptors (Lipinski definition) is 2. The number of nitrogens with zero attached hydrogens (tertiary/aromatic N) is 1. The number of alkyl halides is 1. The maximum Gasteiger partial charge on any atom is 0.0638 e. The monoisotopic (exact) mass is 245 g/mol. The normalized spacial score (nSPS) is 51.9. The Morgan fingerprint density at radius 3 is 2.69 bits per heavy atom. The topological polar surface area (TPSA) is 32.6 Å². The molecule has 2 rings (SSSR count). The van der Waals surface area contributed by atoms with Crippen molar-refractivity contribution in [2.75, 3.05) is 5.33 Å². The summed E-state index contributed by atoms with van der Waals surface area (Å²) in [5, 5.41) is 13.4. The van der Waals surface area contributed by atoms with E-state index in [1.54, 1.807) is 0 Å². The molecule has 0 aromatic heterocycles. The summed E-state index contributed by atoms with van der Waals surface area (Å²) in [6, 6.07) is 0. The Kier molecular flexibility index (Phi) is 1.99. The molecule has 0 unspecified atom stereocenters. The Hall–Kier alpha value is -0.0500. The van der Waals surface area contributed by atoms with Crippen molar-refractivity contribution in [2.24, 2.45) is 21.9 Å². The minimum Gasteiger partial charge on any atom is -0.411 e. The molecule has 0 aromatic carbocycles. The zero-order valence-corrected chi connectivity index (χ0v) is 9.76. The highest BCUT2D eigenvalue weighted by atomic mass is 79.9. The lowest BCUT2D eigenvalue weighted by molar-refractivity contribution is 0.199. The van der Waals surface area contributed by atoms with Crippen LogP contribution in [0.15, 0.2) is 5.16 Å². The van der Waals surface area contributed by atoms with E-state index in [0.29, 0.717) is 11.3 Å². The highest BCUT2D eigenvalue weighted by Gasteiger charge is 2.62. The molecule has 2 bridgehead atoms. The molecule has 3 atom stereocenters. The van der Waals surface area contributed by atoms with Crippen LogP contribution in [-0.4, -0.2) is 16.2 Å². The van der Waals surface area contributed by atoms with E-state index in [4.69, 9.17) is 5.21 Å². The molecule has 0 aromatic rings. The fourth-order valence-corrected chi connectivity index (χ4v) is 4.26. The largest absolute Gasteiger partial charge is 0.411 e. The number of halogens is 1. The van der Waals surface area contributed by atoms with Crippen LogP contribution in [0.3, 0.4) is 0 Å². The number of hydrogen-bond donors (Lipinski definition) is 1. The average Bonchev–Trinajstić information content (AvgIpc) is 2.51. The molecule has 3 heteroatoms. The van der Waals surface area contributed by atoms with Gasteiger partial charge in [-0.3, -0.25) is 0 Å². The van der Waals surface area contributed by atoms with Crippen molar-refractivity contribution in [2.45, 2.75) is 33.1 Å². The molecular formula is C10H16BrNO. The maximum absolute atomic E-state index is 8.95. The molecule has 0 heterocycles. The molecule has 2 saturated carbocycles. The second-order valence-electron chi connectivity index (χ2n) is 4.87. The molecule has 0 radical (unpaired) electrons. The molecule has 0 aliphatic heterocycles. The summed E-state index contributed by atoms with van der Waals surface area (Å²) in [5.74, 6) is 0.711.